The number of H-pyrrole nitrogens is 1. The SMILES string of the molecule is CNCc1nc(-c2ccc3c(c2)Nc2ccccc2S3)c[nH]1. The van der Waals surface area contributed by atoms with E-state index in [1.807, 2.05) is 13.2 Å². The van der Waals surface area contributed by atoms with Crippen molar-refractivity contribution in [3.05, 3.63) is 54.5 Å². The lowest BCUT2D eigenvalue weighted by atomic mass is 10.1. The number of hydrogen-bond acceptors (Lipinski definition) is 4. The minimum absolute atomic E-state index is 0.742. The van der Waals surface area contributed by atoms with Crippen molar-refractivity contribution in [3.8, 4) is 11.3 Å². The average molecular weight is 308 g/mol. The molecule has 0 unspecified atom stereocenters. The zero-order valence-corrected chi connectivity index (χ0v) is 13.0. The van der Waals surface area contributed by atoms with Gasteiger partial charge in [-0.2, -0.15) is 0 Å². The predicted molar refractivity (Wildman–Crippen MR) is 90.6 cm³/mol. The summed E-state index contributed by atoms with van der Waals surface area (Å²) in [4.78, 5) is 10.3. The lowest BCUT2D eigenvalue weighted by Crippen LogP contribution is -2.06. The number of imidazole rings is 1. The van der Waals surface area contributed by atoms with Crippen molar-refractivity contribution in [2.24, 2.45) is 0 Å². The second kappa shape index (κ2) is 5.51. The molecule has 0 bridgehead atoms. The molecule has 4 nitrogen and oxygen atoms in total. The molecule has 0 saturated heterocycles. The Morgan fingerprint density at radius 1 is 1.09 bits per heavy atom. The fraction of sp³-hybridized carbons (Fsp3) is 0.118. The van der Waals surface area contributed by atoms with Crippen molar-refractivity contribution in [1.29, 1.82) is 0 Å². The third kappa shape index (κ3) is 2.38. The molecule has 2 heterocycles. The molecule has 2 aromatic carbocycles. The molecule has 5 heteroatoms. The Kier molecular flexibility index (Phi) is 3.36. The van der Waals surface area contributed by atoms with Gasteiger partial charge in [-0.3, -0.25) is 0 Å². The van der Waals surface area contributed by atoms with Gasteiger partial charge in [0.15, 0.2) is 0 Å². The fourth-order valence-electron chi connectivity index (χ4n) is 2.57. The zero-order chi connectivity index (χ0) is 14.9. The maximum atomic E-state index is 4.61. The van der Waals surface area contributed by atoms with Crippen molar-refractivity contribution >= 4 is 23.1 Å². The van der Waals surface area contributed by atoms with E-state index in [9.17, 15) is 0 Å². The maximum absolute atomic E-state index is 4.61. The molecule has 110 valence electrons. The van der Waals surface area contributed by atoms with Gasteiger partial charge >= 0.3 is 0 Å². The zero-order valence-electron chi connectivity index (χ0n) is 12.2. The van der Waals surface area contributed by atoms with Crippen LogP contribution < -0.4 is 10.6 Å². The fourth-order valence-corrected chi connectivity index (χ4v) is 3.53. The molecular formula is C17H16N4S. The van der Waals surface area contributed by atoms with Crippen molar-refractivity contribution in [2.75, 3.05) is 12.4 Å². The van der Waals surface area contributed by atoms with Crippen molar-refractivity contribution < 1.29 is 0 Å². The topological polar surface area (TPSA) is 52.7 Å². The summed E-state index contributed by atoms with van der Waals surface area (Å²) in [6.07, 6.45) is 1.96. The van der Waals surface area contributed by atoms with E-state index in [1.165, 1.54) is 9.79 Å². The normalized spacial score (nSPS) is 12.4. The molecule has 0 amide bonds. The highest BCUT2D eigenvalue weighted by Gasteiger charge is 2.16. The monoisotopic (exact) mass is 308 g/mol. The molecule has 3 N–H and O–H groups in total. The number of benzene rings is 2. The number of aromatic amines is 1. The van der Waals surface area contributed by atoms with Crippen molar-refractivity contribution in [2.45, 2.75) is 16.3 Å². The van der Waals surface area contributed by atoms with Gasteiger partial charge in [-0.1, -0.05) is 30.0 Å². The predicted octanol–water partition coefficient (Wildman–Crippen LogP) is 4.00. The van der Waals surface area contributed by atoms with Crippen LogP contribution in [-0.2, 0) is 6.54 Å². The highest BCUT2D eigenvalue weighted by atomic mass is 32.2. The Morgan fingerprint density at radius 3 is 2.86 bits per heavy atom. The number of para-hydroxylation sites is 1. The van der Waals surface area contributed by atoms with Gasteiger partial charge in [0.05, 0.1) is 23.6 Å². The van der Waals surface area contributed by atoms with Crippen LogP contribution in [0.1, 0.15) is 5.82 Å². The van der Waals surface area contributed by atoms with Crippen LogP contribution >= 0.6 is 11.8 Å². The molecule has 0 spiro atoms. The Bertz CT molecular complexity index is 825. The van der Waals surface area contributed by atoms with Crippen LogP contribution in [0.5, 0.6) is 0 Å². The molecule has 0 fully saturated rings. The van der Waals surface area contributed by atoms with Crippen molar-refractivity contribution in [3.63, 3.8) is 0 Å². The quantitative estimate of drug-likeness (QED) is 0.535. The third-order valence-corrected chi connectivity index (χ3v) is 4.78. The maximum Gasteiger partial charge on any atom is 0.120 e. The van der Waals surface area contributed by atoms with E-state index in [1.54, 1.807) is 11.8 Å². The van der Waals surface area contributed by atoms with Gasteiger partial charge in [-0.25, -0.2) is 4.98 Å². The highest BCUT2D eigenvalue weighted by molar-refractivity contribution is 7.99. The van der Waals surface area contributed by atoms with Crippen LogP contribution in [0.3, 0.4) is 0 Å². The summed E-state index contributed by atoms with van der Waals surface area (Å²) >= 11 is 1.80. The number of nitrogens with one attached hydrogen (secondary N) is 3. The molecule has 1 aliphatic rings. The minimum Gasteiger partial charge on any atom is -0.354 e. The first-order valence-corrected chi connectivity index (χ1v) is 8.02. The van der Waals surface area contributed by atoms with Crippen LogP contribution in [0.25, 0.3) is 11.3 Å². The molecule has 22 heavy (non-hydrogen) atoms. The van der Waals surface area contributed by atoms with Crippen molar-refractivity contribution in [1.82, 2.24) is 15.3 Å². The van der Waals surface area contributed by atoms with E-state index in [2.05, 4.69) is 63.1 Å². The molecular weight excluding hydrogens is 292 g/mol. The number of hydrogen-bond donors (Lipinski definition) is 3. The second-order valence-electron chi connectivity index (χ2n) is 5.20. The average Bonchev–Trinajstić information content (AvgIpc) is 3.01. The Balaban J connectivity index is 1.67. The molecule has 0 atom stereocenters. The molecule has 0 aliphatic carbocycles. The van der Waals surface area contributed by atoms with Gasteiger partial charge in [0.25, 0.3) is 0 Å². The van der Waals surface area contributed by atoms with Crippen LogP contribution in [0.15, 0.2) is 58.5 Å². The Morgan fingerprint density at radius 2 is 1.95 bits per heavy atom. The van der Waals surface area contributed by atoms with E-state index in [0.29, 0.717) is 0 Å². The van der Waals surface area contributed by atoms with Crippen LogP contribution in [-0.4, -0.2) is 17.0 Å². The van der Waals surface area contributed by atoms with Crippen LogP contribution in [0.4, 0.5) is 11.4 Å². The number of anilines is 2. The minimum atomic E-state index is 0.742. The van der Waals surface area contributed by atoms with E-state index in [0.717, 1.165) is 35.0 Å². The first kappa shape index (κ1) is 13.4. The van der Waals surface area contributed by atoms with Gasteiger partial charge in [0.2, 0.25) is 0 Å². The van der Waals surface area contributed by atoms with Crippen LogP contribution in [0.2, 0.25) is 0 Å². The van der Waals surface area contributed by atoms with E-state index in [4.69, 9.17) is 0 Å². The van der Waals surface area contributed by atoms with Gasteiger partial charge < -0.3 is 15.6 Å². The van der Waals surface area contributed by atoms with E-state index < -0.39 is 0 Å². The summed E-state index contributed by atoms with van der Waals surface area (Å²) in [7, 11) is 1.92. The lowest BCUT2D eigenvalue weighted by Gasteiger charge is -2.21. The standard InChI is InChI=1S/C17H16N4S/c1-18-10-17-19-9-14(21-17)11-6-7-16-13(8-11)20-12-4-2-3-5-15(12)22-16/h2-9,18,20H,10H2,1H3,(H,19,21). The first-order chi connectivity index (χ1) is 10.8. The summed E-state index contributed by atoms with van der Waals surface area (Å²) in [6.45, 7) is 0.742. The lowest BCUT2D eigenvalue weighted by molar-refractivity contribution is 0.772. The molecule has 1 aromatic heterocycles. The molecule has 1 aliphatic heterocycles. The molecule has 0 radical (unpaired) electrons. The first-order valence-electron chi connectivity index (χ1n) is 7.21. The number of nitrogens with zero attached hydrogens (tertiary/aromatic N) is 1. The molecule has 3 aromatic rings. The van der Waals surface area contributed by atoms with Gasteiger partial charge in [0.1, 0.15) is 5.82 Å². The van der Waals surface area contributed by atoms with Gasteiger partial charge in [-0.05, 0) is 31.3 Å². The number of fused-ring (bicyclic) bond motifs is 2. The van der Waals surface area contributed by atoms with Crippen LogP contribution in [0, 0.1) is 0 Å². The Labute approximate surface area is 133 Å². The van der Waals surface area contributed by atoms with Gasteiger partial charge in [0, 0.05) is 21.6 Å². The number of aromatic nitrogens is 2. The van der Waals surface area contributed by atoms with E-state index >= 15 is 0 Å². The van der Waals surface area contributed by atoms with Gasteiger partial charge in [-0.15, -0.1) is 0 Å². The summed E-state index contributed by atoms with van der Waals surface area (Å²) in [6, 6.07) is 14.8. The Hall–Kier alpha value is -2.24. The summed E-state index contributed by atoms with van der Waals surface area (Å²) in [5, 5.41) is 6.61. The summed E-state index contributed by atoms with van der Waals surface area (Å²) < 4.78 is 0. The summed E-state index contributed by atoms with van der Waals surface area (Å²) in [5.41, 5.74) is 4.39. The second-order valence-corrected chi connectivity index (χ2v) is 6.28. The third-order valence-electron chi connectivity index (χ3n) is 3.63. The molecule has 0 saturated carbocycles. The molecule has 4 rings (SSSR count). The summed E-state index contributed by atoms with van der Waals surface area (Å²) in [5.74, 6) is 0.947. The largest absolute Gasteiger partial charge is 0.354 e. The van der Waals surface area contributed by atoms with E-state index in [-0.39, 0.29) is 0 Å². The number of rotatable bonds is 3. The smallest absolute Gasteiger partial charge is 0.120 e. The highest BCUT2D eigenvalue weighted by Crippen LogP contribution is 2.44.